The number of hydrogen-bond acceptors (Lipinski definition) is 3. The van der Waals surface area contributed by atoms with Crippen LogP contribution < -0.4 is 0 Å². The molecule has 2 unspecified atom stereocenters. The minimum absolute atomic E-state index is 0.0683. The highest BCUT2D eigenvalue weighted by Gasteiger charge is 2.33. The Balaban J connectivity index is 1.95. The van der Waals surface area contributed by atoms with E-state index in [-0.39, 0.29) is 6.10 Å². The van der Waals surface area contributed by atoms with Crippen molar-refractivity contribution in [1.29, 1.82) is 0 Å². The minimum Gasteiger partial charge on any atom is -0.391 e. The van der Waals surface area contributed by atoms with Gasteiger partial charge >= 0.3 is 0 Å². The number of rotatable bonds is 1. The fourth-order valence-corrected chi connectivity index (χ4v) is 4.35. The van der Waals surface area contributed by atoms with Gasteiger partial charge in [0.2, 0.25) is 0 Å². The van der Waals surface area contributed by atoms with Crippen LogP contribution >= 0.6 is 11.8 Å². The van der Waals surface area contributed by atoms with E-state index in [4.69, 9.17) is 0 Å². The van der Waals surface area contributed by atoms with Gasteiger partial charge in [0.15, 0.2) is 0 Å². The molecular weight excluding hydrogens is 206 g/mol. The molecule has 88 valence electrons. The van der Waals surface area contributed by atoms with Gasteiger partial charge in [0.25, 0.3) is 0 Å². The van der Waals surface area contributed by atoms with Gasteiger partial charge in [-0.05, 0) is 12.8 Å². The van der Waals surface area contributed by atoms with Crippen molar-refractivity contribution < 1.29 is 5.11 Å². The predicted molar refractivity (Wildman–Crippen MR) is 66.4 cm³/mol. The van der Waals surface area contributed by atoms with Gasteiger partial charge in [-0.15, -0.1) is 0 Å². The highest BCUT2D eigenvalue weighted by molar-refractivity contribution is 8.00. The van der Waals surface area contributed by atoms with Crippen LogP contribution in [0.3, 0.4) is 0 Å². The highest BCUT2D eigenvalue weighted by atomic mass is 32.2. The normalized spacial score (nSPS) is 44.2. The van der Waals surface area contributed by atoms with Crippen LogP contribution in [-0.4, -0.2) is 45.7 Å². The van der Waals surface area contributed by atoms with Gasteiger partial charge in [-0.2, -0.15) is 11.8 Å². The quantitative estimate of drug-likeness (QED) is 0.745. The smallest absolute Gasteiger partial charge is 0.0695 e. The van der Waals surface area contributed by atoms with E-state index in [1.807, 2.05) is 0 Å². The fraction of sp³-hybridized carbons (Fsp3) is 1.00. The second-order valence-corrected chi connectivity index (χ2v) is 7.01. The van der Waals surface area contributed by atoms with Crippen molar-refractivity contribution in [3.63, 3.8) is 0 Å². The van der Waals surface area contributed by atoms with Crippen molar-refractivity contribution in [2.24, 2.45) is 0 Å². The SMILES string of the molecule is CC1CN([C@@H]2CCCC[C@H]2O)CC(C)S1. The largest absolute Gasteiger partial charge is 0.391 e. The summed E-state index contributed by atoms with van der Waals surface area (Å²) < 4.78 is 0. The Kier molecular flexibility index (Phi) is 3.97. The molecule has 1 saturated carbocycles. The molecule has 1 aliphatic carbocycles. The molecule has 2 aliphatic rings. The molecule has 0 aromatic carbocycles. The van der Waals surface area contributed by atoms with Crippen molar-refractivity contribution in [1.82, 2.24) is 4.90 Å². The average molecular weight is 229 g/mol. The molecule has 3 heteroatoms. The topological polar surface area (TPSA) is 23.5 Å². The number of aliphatic hydroxyl groups excluding tert-OH is 1. The monoisotopic (exact) mass is 229 g/mol. The van der Waals surface area contributed by atoms with Crippen molar-refractivity contribution in [3.05, 3.63) is 0 Å². The maximum atomic E-state index is 10.0. The summed E-state index contributed by atoms with van der Waals surface area (Å²) >= 11 is 2.09. The Bertz CT molecular complexity index is 202. The van der Waals surface area contributed by atoms with Crippen LogP contribution in [0.25, 0.3) is 0 Å². The van der Waals surface area contributed by atoms with Crippen molar-refractivity contribution >= 4 is 11.8 Å². The van der Waals surface area contributed by atoms with Crippen molar-refractivity contribution in [2.75, 3.05) is 13.1 Å². The van der Waals surface area contributed by atoms with Gasteiger partial charge in [0.05, 0.1) is 6.10 Å². The van der Waals surface area contributed by atoms with E-state index >= 15 is 0 Å². The first-order valence-corrected chi connectivity index (χ1v) is 7.18. The molecule has 1 heterocycles. The van der Waals surface area contributed by atoms with E-state index in [2.05, 4.69) is 30.5 Å². The molecule has 0 bridgehead atoms. The molecule has 1 saturated heterocycles. The number of hydrogen-bond donors (Lipinski definition) is 1. The van der Waals surface area contributed by atoms with Crippen molar-refractivity contribution in [2.45, 2.75) is 62.2 Å². The molecule has 1 aliphatic heterocycles. The number of thioether (sulfide) groups is 1. The van der Waals surface area contributed by atoms with Crippen LogP contribution in [-0.2, 0) is 0 Å². The van der Waals surface area contributed by atoms with Crippen LogP contribution in [0.4, 0.5) is 0 Å². The molecule has 0 aromatic heterocycles. The second-order valence-electron chi connectivity index (χ2n) is 5.13. The molecule has 0 spiro atoms. The van der Waals surface area contributed by atoms with Gasteiger partial charge in [-0.3, -0.25) is 4.90 Å². The summed E-state index contributed by atoms with van der Waals surface area (Å²) in [7, 11) is 0. The Labute approximate surface area is 97.4 Å². The van der Waals surface area contributed by atoms with Crippen LogP contribution in [0.1, 0.15) is 39.5 Å². The van der Waals surface area contributed by atoms with E-state index < -0.39 is 0 Å². The van der Waals surface area contributed by atoms with E-state index in [1.165, 1.54) is 19.3 Å². The number of aliphatic hydroxyl groups is 1. The Hall–Kier alpha value is 0.270. The summed E-state index contributed by atoms with van der Waals surface area (Å²) in [4.78, 5) is 2.54. The predicted octanol–water partition coefficient (Wildman–Crippen LogP) is 2.12. The van der Waals surface area contributed by atoms with Gasteiger partial charge < -0.3 is 5.11 Å². The molecule has 0 aromatic rings. The lowest BCUT2D eigenvalue weighted by Crippen LogP contribution is -2.52. The van der Waals surface area contributed by atoms with Gasteiger partial charge in [-0.1, -0.05) is 26.7 Å². The molecule has 2 rings (SSSR count). The van der Waals surface area contributed by atoms with Crippen molar-refractivity contribution in [3.8, 4) is 0 Å². The summed E-state index contributed by atoms with van der Waals surface area (Å²) in [5.74, 6) is 0. The molecule has 0 radical (unpaired) electrons. The highest BCUT2D eigenvalue weighted by Crippen LogP contribution is 2.30. The molecule has 2 fully saturated rings. The first kappa shape index (κ1) is 11.7. The van der Waals surface area contributed by atoms with Gasteiger partial charge in [-0.25, -0.2) is 0 Å². The first-order chi connectivity index (χ1) is 7.16. The minimum atomic E-state index is -0.0683. The maximum Gasteiger partial charge on any atom is 0.0695 e. The second kappa shape index (κ2) is 5.07. The lowest BCUT2D eigenvalue weighted by atomic mass is 9.91. The Morgan fingerprint density at radius 1 is 1.07 bits per heavy atom. The molecule has 2 nitrogen and oxygen atoms in total. The van der Waals surface area contributed by atoms with E-state index in [0.29, 0.717) is 6.04 Å². The third-order valence-corrected chi connectivity index (χ3v) is 4.84. The zero-order chi connectivity index (χ0) is 10.8. The Morgan fingerprint density at radius 3 is 2.27 bits per heavy atom. The molecule has 0 amide bonds. The summed E-state index contributed by atoms with van der Waals surface area (Å²) in [6.07, 6.45) is 4.66. The number of nitrogens with zero attached hydrogens (tertiary/aromatic N) is 1. The first-order valence-electron chi connectivity index (χ1n) is 6.24. The zero-order valence-electron chi connectivity index (χ0n) is 9.85. The lowest BCUT2D eigenvalue weighted by Gasteiger charge is -2.43. The zero-order valence-corrected chi connectivity index (χ0v) is 10.7. The molecule has 4 atom stereocenters. The lowest BCUT2D eigenvalue weighted by molar-refractivity contribution is 0.0191. The fourth-order valence-electron chi connectivity index (χ4n) is 3.01. The van der Waals surface area contributed by atoms with E-state index in [9.17, 15) is 5.11 Å². The third kappa shape index (κ3) is 2.89. The summed E-state index contributed by atoms with van der Waals surface area (Å²) in [6, 6.07) is 0.449. The van der Waals surface area contributed by atoms with Gasteiger partial charge in [0.1, 0.15) is 0 Å². The van der Waals surface area contributed by atoms with Crippen LogP contribution in [0.2, 0.25) is 0 Å². The van der Waals surface area contributed by atoms with Crippen LogP contribution in [0, 0.1) is 0 Å². The molecular formula is C12H23NOS. The Morgan fingerprint density at radius 2 is 1.67 bits per heavy atom. The van der Waals surface area contributed by atoms with E-state index in [0.717, 1.165) is 30.0 Å². The summed E-state index contributed by atoms with van der Waals surface area (Å²) in [5.41, 5.74) is 0. The average Bonchev–Trinajstić information content (AvgIpc) is 2.16. The van der Waals surface area contributed by atoms with Crippen LogP contribution in [0.5, 0.6) is 0 Å². The van der Waals surface area contributed by atoms with Gasteiger partial charge in [0, 0.05) is 29.6 Å². The summed E-state index contributed by atoms with van der Waals surface area (Å²) in [5, 5.41) is 11.5. The van der Waals surface area contributed by atoms with Crippen LogP contribution in [0.15, 0.2) is 0 Å². The molecule has 1 N–H and O–H groups in total. The third-order valence-electron chi connectivity index (χ3n) is 3.61. The maximum absolute atomic E-state index is 10.0. The molecule has 15 heavy (non-hydrogen) atoms. The summed E-state index contributed by atoms with van der Waals surface area (Å²) in [6.45, 7) is 6.94. The van der Waals surface area contributed by atoms with E-state index in [1.54, 1.807) is 0 Å². The standard InChI is InChI=1S/C12H23NOS/c1-9-7-13(8-10(2)15-9)11-5-3-4-6-12(11)14/h9-12,14H,3-8H2,1-2H3/t9?,10?,11-,12-/m1/s1.